The normalized spacial score (nSPS) is 12.5. The molecule has 0 aliphatic carbocycles. The Balaban J connectivity index is 1.81. The van der Waals surface area contributed by atoms with E-state index < -0.39 is 0 Å². The Bertz CT molecular complexity index is 1310. The summed E-state index contributed by atoms with van der Waals surface area (Å²) in [5, 5.41) is 5.10. The quantitative estimate of drug-likeness (QED) is 0.350. The first-order valence-corrected chi connectivity index (χ1v) is 10.9. The second-order valence-corrected chi connectivity index (χ2v) is 8.22. The van der Waals surface area contributed by atoms with Crippen molar-refractivity contribution in [1.82, 2.24) is 14.2 Å². The molecule has 0 aliphatic rings. The fourth-order valence-electron chi connectivity index (χ4n) is 3.37. The van der Waals surface area contributed by atoms with E-state index in [0.717, 1.165) is 28.0 Å². The van der Waals surface area contributed by atoms with Gasteiger partial charge >= 0.3 is 0 Å². The summed E-state index contributed by atoms with van der Waals surface area (Å²) in [7, 11) is 1.64. The smallest absolute Gasteiger partial charge is 0.282 e. The van der Waals surface area contributed by atoms with E-state index in [-0.39, 0.29) is 11.5 Å². The summed E-state index contributed by atoms with van der Waals surface area (Å²) in [6, 6.07) is 17.2. The van der Waals surface area contributed by atoms with Gasteiger partial charge in [0, 0.05) is 22.3 Å². The van der Waals surface area contributed by atoms with Gasteiger partial charge in [0.05, 0.1) is 29.9 Å². The van der Waals surface area contributed by atoms with Gasteiger partial charge in [0.15, 0.2) is 0 Å². The van der Waals surface area contributed by atoms with E-state index in [1.165, 1.54) is 4.68 Å². The van der Waals surface area contributed by atoms with Gasteiger partial charge in [-0.2, -0.15) is 9.78 Å². The van der Waals surface area contributed by atoms with Gasteiger partial charge in [0.1, 0.15) is 11.6 Å². The highest BCUT2D eigenvalue weighted by Crippen LogP contribution is 2.21. The fourth-order valence-corrected chi connectivity index (χ4v) is 3.73. The number of fused-ring (bicyclic) bond motifs is 1. The van der Waals surface area contributed by atoms with Crippen molar-refractivity contribution in [1.29, 1.82) is 0 Å². The van der Waals surface area contributed by atoms with Crippen molar-refractivity contribution in [3.8, 4) is 11.4 Å². The van der Waals surface area contributed by atoms with Gasteiger partial charge in [-0.05, 0) is 61.0 Å². The van der Waals surface area contributed by atoms with Crippen LogP contribution in [-0.2, 0) is 0 Å². The molecular weight excluding hydrogens is 456 g/mol. The molecule has 0 saturated heterocycles. The van der Waals surface area contributed by atoms with Crippen molar-refractivity contribution in [2.75, 3.05) is 7.11 Å². The third-order valence-corrected chi connectivity index (χ3v) is 5.82. The van der Waals surface area contributed by atoms with Gasteiger partial charge in [0.25, 0.3) is 5.56 Å². The van der Waals surface area contributed by atoms with E-state index in [0.29, 0.717) is 16.7 Å². The number of hydrogen-bond acceptors (Lipinski definition) is 4. The number of hydrogen-bond donors (Lipinski definition) is 0. The SMILES string of the molecule is CC[C@@H](C)c1nc2ccc(Br)cc2c(=O)n1N=Cc1cccn1-c1ccc(OC)cc1. The lowest BCUT2D eigenvalue weighted by molar-refractivity contribution is 0.415. The summed E-state index contributed by atoms with van der Waals surface area (Å²) in [5.41, 5.74) is 2.32. The maximum atomic E-state index is 13.3. The Morgan fingerprint density at radius 2 is 1.97 bits per heavy atom. The van der Waals surface area contributed by atoms with Crippen LogP contribution >= 0.6 is 15.9 Å². The van der Waals surface area contributed by atoms with Crippen molar-refractivity contribution in [3.63, 3.8) is 0 Å². The van der Waals surface area contributed by atoms with Crippen molar-refractivity contribution in [2.45, 2.75) is 26.2 Å². The van der Waals surface area contributed by atoms with Crippen molar-refractivity contribution in [2.24, 2.45) is 5.10 Å². The second-order valence-electron chi connectivity index (χ2n) is 7.30. The number of benzene rings is 2. The number of nitrogens with zero attached hydrogens (tertiary/aromatic N) is 4. The van der Waals surface area contributed by atoms with Crippen molar-refractivity contribution >= 4 is 33.0 Å². The maximum Gasteiger partial charge on any atom is 0.282 e. The van der Waals surface area contributed by atoms with Crippen LogP contribution in [-0.4, -0.2) is 27.6 Å². The zero-order valence-corrected chi connectivity index (χ0v) is 19.2. The first kappa shape index (κ1) is 21.1. The van der Waals surface area contributed by atoms with E-state index >= 15 is 0 Å². The molecule has 6 nitrogen and oxygen atoms in total. The Kier molecular flexibility index (Phi) is 6.04. The Morgan fingerprint density at radius 3 is 2.68 bits per heavy atom. The summed E-state index contributed by atoms with van der Waals surface area (Å²) in [4.78, 5) is 18.0. The molecule has 0 saturated carbocycles. The molecule has 0 aliphatic heterocycles. The fraction of sp³-hybridized carbons (Fsp3) is 0.208. The Labute approximate surface area is 188 Å². The standard InChI is InChI=1S/C24H23BrN4O2/c1-4-16(2)23-27-22-12-7-17(25)14-21(22)24(30)29(23)26-15-19-6-5-13-28(19)18-8-10-20(31-3)11-9-18/h5-16H,4H2,1-3H3/t16-/m1/s1. The molecule has 0 amide bonds. The second kappa shape index (κ2) is 8.89. The molecule has 4 aromatic rings. The summed E-state index contributed by atoms with van der Waals surface area (Å²) < 4.78 is 9.50. The third-order valence-electron chi connectivity index (χ3n) is 5.32. The van der Waals surface area contributed by atoms with Crippen molar-refractivity contribution in [3.05, 3.63) is 87.1 Å². The molecule has 7 heteroatoms. The molecule has 2 aromatic carbocycles. The molecule has 0 N–H and O–H groups in total. The lowest BCUT2D eigenvalue weighted by atomic mass is 10.1. The number of rotatable bonds is 6. The molecular formula is C24H23BrN4O2. The lowest BCUT2D eigenvalue weighted by Crippen LogP contribution is -2.23. The van der Waals surface area contributed by atoms with Crippen LogP contribution in [0.25, 0.3) is 16.6 Å². The van der Waals surface area contributed by atoms with Gasteiger partial charge in [-0.3, -0.25) is 4.79 Å². The van der Waals surface area contributed by atoms with Gasteiger partial charge in [-0.25, -0.2) is 4.98 Å². The molecule has 2 heterocycles. The summed E-state index contributed by atoms with van der Waals surface area (Å²) in [6.07, 6.45) is 4.51. The molecule has 0 spiro atoms. The highest BCUT2D eigenvalue weighted by molar-refractivity contribution is 9.10. The predicted octanol–water partition coefficient (Wildman–Crippen LogP) is 5.35. The van der Waals surface area contributed by atoms with Gasteiger partial charge in [-0.15, -0.1) is 0 Å². The number of methoxy groups -OCH3 is 1. The molecule has 31 heavy (non-hydrogen) atoms. The number of aromatic nitrogens is 3. The van der Waals surface area contributed by atoms with E-state index in [9.17, 15) is 4.79 Å². The average molecular weight is 479 g/mol. The van der Waals surface area contributed by atoms with Gasteiger partial charge in [-0.1, -0.05) is 29.8 Å². The average Bonchev–Trinajstić information content (AvgIpc) is 3.26. The molecule has 1 atom stereocenters. The zero-order chi connectivity index (χ0) is 22.0. The monoisotopic (exact) mass is 478 g/mol. The highest BCUT2D eigenvalue weighted by Gasteiger charge is 2.15. The van der Waals surface area contributed by atoms with E-state index in [4.69, 9.17) is 9.72 Å². The first-order chi connectivity index (χ1) is 15.0. The minimum absolute atomic E-state index is 0.0891. The molecule has 158 valence electrons. The van der Waals surface area contributed by atoms with Crippen LogP contribution in [0.2, 0.25) is 0 Å². The van der Waals surface area contributed by atoms with Gasteiger partial charge < -0.3 is 9.30 Å². The number of ether oxygens (including phenoxy) is 1. The minimum Gasteiger partial charge on any atom is -0.497 e. The Hall–Kier alpha value is -3.19. The molecule has 0 bridgehead atoms. The molecule has 0 unspecified atom stereocenters. The largest absolute Gasteiger partial charge is 0.497 e. The van der Waals surface area contributed by atoms with Crippen LogP contribution in [0.4, 0.5) is 0 Å². The van der Waals surface area contributed by atoms with Crippen LogP contribution < -0.4 is 10.3 Å². The van der Waals surface area contributed by atoms with Crippen molar-refractivity contribution < 1.29 is 4.74 Å². The van der Waals surface area contributed by atoms with Crippen LogP contribution in [0.3, 0.4) is 0 Å². The summed E-state index contributed by atoms with van der Waals surface area (Å²) in [5.74, 6) is 1.54. The zero-order valence-electron chi connectivity index (χ0n) is 17.6. The first-order valence-electron chi connectivity index (χ1n) is 10.1. The van der Waals surface area contributed by atoms with E-state index in [1.807, 2.05) is 59.3 Å². The highest BCUT2D eigenvalue weighted by atomic mass is 79.9. The molecule has 0 fully saturated rings. The predicted molar refractivity (Wildman–Crippen MR) is 128 cm³/mol. The van der Waals surface area contributed by atoms with E-state index in [2.05, 4.69) is 34.9 Å². The lowest BCUT2D eigenvalue weighted by Gasteiger charge is -2.14. The summed E-state index contributed by atoms with van der Waals surface area (Å²) in [6.45, 7) is 4.13. The molecule has 0 radical (unpaired) electrons. The molecule has 4 rings (SSSR count). The summed E-state index contributed by atoms with van der Waals surface area (Å²) >= 11 is 3.44. The van der Waals surface area contributed by atoms with Crippen LogP contribution in [0.5, 0.6) is 5.75 Å². The number of halogens is 1. The third kappa shape index (κ3) is 4.18. The minimum atomic E-state index is -0.180. The molecule has 2 aromatic heterocycles. The van der Waals surface area contributed by atoms with Crippen LogP contribution in [0.15, 0.2) is 75.2 Å². The topological polar surface area (TPSA) is 61.4 Å². The maximum absolute atomic E-state index is 13.3. The Morgan fingerprint density at radius 1 is 1.19 bits per heavy atom. The van der Waals surface area contributed by atoms with Crippen LogP contribution in [0, 0.1) is 0 Å². The van der Waals surface area contributed by atoms with E-state index in [1.54, 1.807) is 19.4 Å². The van der Waals surface area contributed by atoms with Gasteiger partial charge in [0.2, 0.25) is 0 Å². The van der Waals surface area contributed by atoms with Crippen LogP contribution in [0.1, 0.15) is 37.7 Å².